The zero-order valence-electron chi connectivity index (χ0n) is 14.8. The van der Waals surface area contributed by atoms with E-state index in [-0.39, 0.29) is 5.41 Å². The van der Waals surface area contributed by atoms with E-state index in [9.17, 15) is 0 Å². The lowest BCUT2D eigenvalue weighted by atomic mass is 9.58. The molecule has 0 spiro atoms. The fourth-order valence-corrected chi connectivity index (χ4v) is 4.59. The van der Waals surface area contributed by atoms with Crippen molar-refractivity contribution in [1.82, 2.24) is 5.32 Å². The molecule has 3 nitrogen and oxygen atoms in total. The molecule has 0 bridgehead atoms. The maximum atomic E-state index is 6.12. The summed E-state index contributed by atoms with van der Waals surface area (Å²) in [6.45, 7) is 0.989. The van der Waals surface area contributed by atoms with Crippen LogP contribution in [0, 0.1) is 0 Å². The summed E-state index contributed by atoms with van der Waals surface area (Å²) in [6, 6.07) is 13.0. The molecule has 0 aromatic heterocycles. The summed E-state index contributed by atoms with van der Waals surface area (Å²) in [5.41, 5.74) is 4.22. The minimum atomic E-state index is 0.138. The third-order valence-corrected chi connectivity index (χ3v) is 6.17. The van der Waals surface area contributed by atoms with Gasteiger partial charge in [0.05, 0.1) is 14.2 Å². The van der Waals surface area contributed by atoms with Gasteiger partial charge in [-0.2, -0.15) is 0 Å². The Morgan fingerprint density at radius 3 is 2.32 bits per heavy atom. The van der Waals surface area contributed by atoms with Crippen molar-refractivity contribution in [1.29, 1.82) is 0 Å². The number of methoxy groups -OCH3 is 2. The van der Waals surface area contributed by atoms with Crippen molar-refractivity contribution < 1.29 is 9.47 Å². The summed E-state index contributed by atoms with van der Waals surface area (Å²) >= 11 is 6.12. The third kappa shape index (κ3) is 2.70. The highest BCUT2D eigenvalue weighted by Crippen LogP contribution is 2.54. The Morgan fingerprint density at radius 2 is 1.72 bits per heavy atom. The van der Waals surface area contributed by atoms with Crippen molar-refractivity contribution in [2.45, 2.75) is 37.1 Å². The second-order valence-electron chi connectivity index (χ2n) is 7.06. The summed E-state index contributed by atoms with van der Waals surface area (Å²) in [4.78, 5) is 0. The van der Waals surface area contributed by atoms with Gasteiger partial charge in [0.2, 0.25) is 0 Å². The number of hydrogen-bond donors (Lipinski definition) is 1. The number of fused-ring (bicyclic) bond motifs is 1. The molecule has 1 aliphatic heterocycles. The van der Waals surface area contributed by atoms with Crippen molar-refractivity contribution >= 4 is 11.6 Å². The molecule has 1 atom stereocenters. The summed E-state index contributed by atoms with van der Waals surface area (Å²) in [6.07, 6.45) is 4.67. The minimum absolute atomic E-state index is 0.138. The molecule has 2 aromatic carbocycles. The van der Waals surface area contributed by atoms with E-state index in [4.69, 9.17) is 21.1 Å². The molecule has 1 aliphatic carbocycles. The lowest BCUT2D eigenvalue weighted by Crippen LogP contribution is -2.49. The first-order chi connectivity index (χ1) is 12.2. The molecule has 132 valence electrons. The zero-order chi connectivity index (χ0) is 17.4. The monoisotopic (exact) mass is 357 g/mol. The molecular weight excluding hydrogens is 334 g/mol. The average Bonchev–Trinajstić information content (AvgIpc) is 2.61. The van der Waals surface area contributed by atoms with Crippen LogP contribution in [-0.4, -0.2) is 20.8 Å². The van der Waals surface area contributed by atoms with Crippen LogP contribution in [-0.2, 0) is 11.8 Å². The topological polar surface area (TPSA) is 30.5 Å². The number of rotatable bonds is 4. The lowest BCUT2D eigenvalue weighted by molar-refractivity contribution is 0.164. The van der Waals surface area contributed by atoms with E-state index in [1.807, 2.05) is 12.1 Å². The maximum Gasteiger partial charge on any atom is 0.161 e. The molecule has 1 heterocycles. The van der Waals surface area contributed by atoms with Gasteiger partial charge < -0.3 is 14.8 Å². The van der Waals surface area contributed by atoms with Crippen LogP contribution < -0.4 is 14.8 Å². The summed E-state index contributed by atoms with van der Waals surface area (Å²) in [5, 5.41) is 4.58. The van der Waals surface area contributed by atoms with Gasteiger partial charge in [0.1, 0.15) is 0 Å². The first kappa shape index (κ1) is 16.7. The number of nitrogens with one attached hydrogen (secondary N) is 1. The van der Waals surface area contributed by atoms with Crippen molar-refractivity contribution in [3.63, 3.8) is 0 Å². The highest BCUT2D eigenvalue weighted by atomic mass is 35.5. The molecule has 4 heteroatoms. The summed E-state index contributed by atoms with van der Waals surface area (Å²) in [5.74, 6) is 1.62. The van der Waals surface area contributed by atoms with Crippen LogP contribution in [0.3, 0.4) is 0 Å². The van der Waals surface area contributed by atoms with E-state index in [2.05, 4.69) is 29.6 Å². The molecule has 1 fully saturated rings. The van der Waals surface area contributed by atoms with Crippen LogP contribution >= 0.6 is 11.6 Å². The first-order valence-corrected chi connectivity index (χ1v) is 9.30. The van der Waals surface area contributed by atoms with Crippen molar-refractivity contribution in [3.8, 4) is 11.5 Å². The Bertz CT molecular complexity index is 768. The molecular formula is C21H24ClNO2. The van der Waals surface area contributed by atoms with E-state index in [0.717, 1.165) is 29.5 Å². The maximum absolute atomic E-state index is 6.12. The number of benzene rings is 2. The number of hydrogen-bond acceptors (Lipinski definition) is 3. The zero-order valence-corrected chi connectivity index (χ0v) is 15.5. The van der Waals surface area contributed by atoms with Crippen LogP contribution in [0.5, 0.6) is 11.5 Å². The molecule has 0 amide bonds. The predicted octanol–water partition coefficient (Wildman–Crippen LogP) is 4.67. The van der Waals surface area contributed by atoms with E-state index >= 15 is 0 Å². The number of halogens is 1. The molecule has 1 saturated carbocycles. The standard InChI is InChI=1S/C21H24ClNO2/c1-24-18-12-14-8-11-23-20(17(14)13-19(18)25-2)21(9-3-10-21)15-4-6-16(22)7-5-15/h4-7,12-13,20,23H,3,8-11H2,1-2H3. The second-order valence-corrected chi connectivity index (χ2v) is 7.50. The van der Waals surface area contributed by atoms with Gasteiger partial charge >= 0.3 is 0 Å². The van der Waals surface area contributed by atoms with Gasteiger partial charge in [0, 0.05) is 16.5 Å². The molecule has 0 radical (unpaired) electrons. The van der Waals surface area contributed by atoms with Crippen LogP contribution in [0.25, 0.3) is 0 Å². The van der Waals surface area contributed by atoms with Gasteiger partial charge in [-0.05, 0) is 66.8 Å². The van der Waals surface area contributed by atoms with Crippen molar-refractivity contribution in [2.24, 2.45) is 0 Å². The molecule has 1 N–H and O–H groups in total. The fourth-order valence-electron chi connectivity index (χ4n) is 4.46. The van der Waals surface area contributed by atoms with E-state index in [1.54, 1.807) is 14.2 Å². The second kappa shape index (κ2) is 6.54. The Labute approximate surface area is 154 Å². The average molecular weight is 358 g/mol. The summed E-state index contributed by atoms with van der Waals surface area (Å²) in [7, 11) is 3.40. The molecule has 0 saturated heterocycles. The molecule has 25 heavy (non-hydrogen) atoms. The number of ether oxygens (including phenoxy) is 2. The molecule has 4 rings (SSSR count). The predicted molar refractivity (Wildman–Crippen MR) is 101 cm³/mol. The third-order valence-electron chi connectivity index (χ3n) is 5.92. The quantitative estimate of drug-likeness (QED) is 0.862. The van der Waals surface area contributed by atoms with Crippen LogP contribution in [0.15, 0.2) is 36.4 Å². The van der Waals surface area contributed by atoms with E-state index < -0.39 is 0 Å². The lowest BCUT2D eigenvalue weighted by Gasteiger charge is -2.50. The Balaban J connectivity index is 1.80. The van der Waals surface area contributed by atoms with Gasteiger partial charge in [-0.1, -0.05) is 30.2 Å². The van der Waals surface area contributed by atoms with Crippen LogP contribution in [0.4, 0.5) is 0 Å². The largest absolute Gasteiger partial charge is 0.493 e. The first-order valence-electron chi connectivity index (χ1n) is 8.92. The molecule has 2 aliphatic rings. The van der Waals surface area contributed by atoms with Gasteiger partial charge in [0.15, 0.2) is 11.5 Å². The van der Waals surface area contributed by atoms with E-state index in [1.165, 1.54) is 36.0 Å². The van der Waals surface area contributed by atoms with Crippen LogP contribution in [0.1, 0.15) is 42.0 Å². The summed E-state index contributed by atoms with van der Waals surface area (Å²) < 4.78 is 11.1. The van der Waals surface area contributed by atoms with E-state index in [0.29, 0.717) is 6.04 Å². The van der Waals surface area contributed by atoms with Gasteiger partial charge in [-0.3, -0.25) is 0 Å². The fraction of sp³-hybridized carbons (Fsp3) is 0.429. The highest BCUT2D eigenvalue weighted by molar-refractivity contribution is 6.30. The van der Waals surface area contributed by atoms with Crippen LogP contribution in [0.2, 0.25) is 5.02 Å². The van der Waals surface area contributed by atoms with Crippen molar-refractivity contribution in [3.05, 3.63) is 58.1 Å². The van der Waals surface area contributed by atoms with Gasteiger partial charge in [-0.25, -0.2) is 0 Å². The minimum Gasteiger partial charge on any atom is -0.493 e. The smallest absolute Gasteiger partial charge is 0.161 e. The SMILES string of the molecule is COc1cc2c(cc1OC)C(C1(c3ccc(Cl)cc3)CCC1)NCC2. The van der Waals surface area contributed by atoms with Gasteiger partial charge in [-0.15, -0.1) is 0 Å². The van der Waals surface area contributed by atoms with Gasteiger partial charge in [0.25, 0.3) is 0 Å². The van der Waals surface area contributed by atoms with Crippen molar-refractivity contribution in [2.75, 3.05) is 20.8 Å². The molecule has 1 unspecified atom stereocenters. The normalized spacial score (nSPS) is 21.2. The Hall–Kier alpha value is -1.71. The Kier molecular flexibility index (Phi) is 4.38. The highest BCUT2D eigenvalue weighted by Gasteiger charge is 2.47. The molecule has 2 aromatic rings. The Morgan fingerprint density at radius 1 is 1.04 bits per heavy atom.